The first-order chi connectivity index (χ1) is 9.22. The summed E-state index contributed by atoms with van der Waals surface area (Å²) in [7, 11) is 0. The Kier molecular flexibility index (Phi) is 4.97. The molecular weight excluding hydrogens is 238 g/mol. The Bertz CT molecular complexity index is 431. The van der Waals surface area contributed by atoms with Crippen LogP contribution in [0, 0.1) is 5.92 Å². The maximum Gasteiger partial charge on any atom is 0.338 e. The second-order valence-electron chi connectivity index (χ2n) is 5.40. The van der Waals surface area contributed by atoms with Crippen LogP contribution in [0.1, 0.15) is 48.5 Å². The Morgan fingerprint density at radius 3 is 2.79 bits per heavy atom. The molecule has 1 aliphatic carbocycles. The van der Waals surface area contributed by atoms with Gasteiger partial charge in [-0.1, -0.05) is 31.5 Å². The highest BCUT2D eigenvalue weighted by molar-refractivity contribution is 5.91. The maximum atomic E-state index is 12.3. The van der Waals surface area contributed by atoms with Crippen LogP contribution in [0.3, 0.4) is 0 Å². The molecule has 0 amide bonds. The van der Waals surface area contributed by atoms with E-state index < -0.39 is 0 Å². The van der Waals surface area contributed by atoms with E-state index in [1.807, 2.05) is 24.3 Å². The standard InChI is InChI=1S/C16H23NO2/c1-12-6-2-5-9-15(12)19-16(18)14-8-4-3-7-13(14)10-11-17/h3-4,7-8,12,15H,2,5-6,9-11,17H2,1H3. The summed E-state index contributed by atoms with van der Waals surface area (Å²) in [5, 5.41) is 0. The topological polar surface area (TPSA) is 52.3 Å². The molecule has 3 nitrogen and oxygen atoms in total. The quantitative estimate of drug-likeness (QED) is 0.848. The summed E-state index contributed by atoms with van der Waals surface area (Å²) in [6, 6.07) is 7.60. The summed E-state index contributed by atoms with van der Waals surface area (Å²) in [5.41, 5.74) is 7.24. The van der Waals surface area contributed by atoms with Crippen LogP contribution in [0.4, 0.5) is 0 Å². The molecule has 2 rings (SSSR count). The fourth-order valence-corrected chi connectivity index (χ4v) is 2.75. The Morgan fingerprint density at radius 1 is 1.32 bits per heavy atom. The minimum Gasteiger partial charge on any atom is -0.458 e. The number of benzene rings is 1. The normalized spacial score (nSPS) is 23.1. The third-order valence-corrected chi connectivity index (χ3v) is 3.94. The molecule has 0 bridgehead atoms. The number of nitrogens with two attached hydrogens (primary N) is 1. The van der Waals surface area contributed by atoms with Gasteiger partial charge in [0.05, 0.1) is 5.56 Å². The summed E-state index contributed by atoms with van der Waals surface area (Å²) in [4.78, 5) is 12.3. The van der Waals surface area contributed by atoms with Gasteiger partial charge in [-0.2, -0.15) is 0 Å². The molecular formula is C16H23NO2. The molecule has 3 heteroatoms. The van der Waals surface area contributed by atoms with Crippen molar-refractivity contribution in [1.29, 1.82) is 0 Å². The summed E-state index contributed by atoms with van der Waals surface area (Å²) < 4.78 is 5.70. The van der Waals surface area contributed by atoms with Gasteiger partial charge in [0.2, 0.25) is 0 Å². The number of carbonyl (C=O) groups is 1. The van der Waals surface area contributed by atoms with Crippen molar-refractivity contribution in [2.24, 2.45) is 11.7 Å². The molecule has 2 N–H and O–H groups in total. The van der Waals surface area contributed by atoms with Gasteiger partial charge >= 0.3 is 5.97 Å². The molecule has 1 aromatic rings. The molecule has 104 valence electrons. The van der Waals surface area contributed by atoms with Crippen LogP contribution in [0.2, 0.25) is 0 Å². The lowest BCUT2D eigenvalue weighted by molar-refractivity contribution is 0.00471. The fourth-order valence-electron chi connectivity index (χ4n) is 2.75. The van der Waals surface area contributed by atoms with Crippen LogP contribution in [0.5, 0.6) is 0 Å². The first-order valence-electron chi connectivity index (χ1n) is 7.21. The highest BCUT2D eigenvalue weighted by Gasteiger charge is 2.25. The molecule has 0 radical (unpaired) electrons. The van der Waals surface area contributed by atoms with Crippen molar-refractivity contribution in [3.8, 4) is 0 Å². The number of esters is 1. The van der Waals surface area contributed by atoms with E-state index in [0.717, 1.165) is 24.8 Å². The van der Waals surface area contributed by atoms with Crippen molar-refractivity contribution in [1.82, 2.24) is 0 Å². The largest absolute Gasteiger partial charge is 0.458 e. The van der Waals surface area contributed by atoms with Gasteiger partial charge in [-0.05, 0) is 49.8 Å². The predicted octanol–water partition coefficient (Wildman–Crippen LogP) is 2.92. The van der Waals surface area contributed by atoms with Crippen molar-refractivity contribution >= 4 is 5.97 Å². The van der Waals surface area contributed by atoms with Gasteiger partial charge in [-0.3, -0.25) is 0 Å². The Morgan fingerprint density at radius 2 is 2.05 bits per heavy atom. The Labute approximate surface area is 115 Å². The predicted molar refractivity (Wildman–Crippen MR) is 76.0 cm³/mol. The monoisotopic (exact) mass is 261 g/mol. The molecule has 1 saturated carbocycles. The van der Waals surface area contributed by atoms with E-state index in [4.69, 9.17) is 10.5 Å². The zero-order valence-corrected chi connectivity index (χ0v) is 11.6. The average Bonchev–Trinajstić information content (AvgIpc) is 2.42. The maximum absolute atomic E-state index is 12.3. The van der Waals surface area contributed by atoms with Crippen LogP contribution in [-0.4, -0.2) is 18.6 Å². The minimum atomic E-state index is -0.192. The van der Waals surface area contributed by atoms with E-state index in [1.54, 1.807) is 0 Å². The van der Waals surface area contributed by atoms with E-state index >= 15 is 0 Å². The van der Waals surface area contributed by atoms with Gasteiger partial charge in [0, 0.05) is 0 Å². The van der Waals surface area contributed by atoms with E-state index in [1.165, 1.54) is 6.42 Å². The van der Waals surface area contributed by atoms with Crippen molar-refractivity contribution in [2.45, 2.75) is 45.1 Å². The lowest BCUT2D eigenvalue weighted by Gasteiger charge is -2.28. The summed E-state index contributed by atoms with van der Waals surface area (Å²) >= 11 is 0. The van der Waals surface area contributed by atoms with Crippen LogP contribution >= 0.6 is 0 Å². The number of hydrogen-bond donors (Lipinski definition) is 1. The van der Waals surface area contributed by atoms with Gasteiger partial charge in [-0.15, -0.1) is 0 Å². The summed E-state index contributed by atoms with van der Waals surface area (Å²) in [5.74, 6) is 0.280. The van der Waals surface area contributed by atoms with E-state index in [0.29, 0.717) is 24.4 Å². The zero-order chi connectivity index (χ0) is 13.7. The van der Waals surface area contributed by atoms with Crippen molar-refractivity contribution in [3.05, 3.63) is 35.4 Å². The molecule has 19 heavy (non-hydrogen) atoms. The van der Waals surface area contributed by atoms with Gasteiger partial charge in [-0.25, -0.2) is 4.79 Å². The van der Waals surface area contributed by atoms with Crippen molar-refractivity contribution < 1.29 is 9.53 Å². The Balaban J connectivity index is 2.06. The minimum absolute atomic E-state index is 0.0761. The smallest absolute Gasteiger partial charge is 0.338 e. The van der Waals surface area contributed by atoms with E-state index in [9.17, 15) is 4.79 Å². The van der Waals surface area contributed by atoms with Crippen LogP contribution < -0.4 is 5.73 Å². The molecule has 0 aliphatic heterocycles. The number of ether oxygens (including phenoxy) is 1. The Hall–Kier alpha value is -1.35. The third-order valence-electron chi connectivity index (χ3n) is 3.94. The van der Waals surface area contributed by atoms with Crippen LogP contribution in [-0.2, 0) is 11.2 Å². The summed E-state index contributed by atoms with van der Waals surface area (Å²) in [6.45, 7) is 2.72. The van der Waals surface area contributed by atoms with E-state index in [-0.39, 0.29) is 12.1 Å². The number of hydrogen-bond acceptors (Lipinski definition) is 3. The summed E-state index contributed by atoms with van der Waals surface area (Å²) in [6.07, 6.45) is 5.35. The fraction of sp³-hybridized carbons (Fsp3) is 0.562. The number of rotatable bonds is 4. The second-order valence-corrected chi connectivity index (χ2v) is 5.40. The molecule has 2 atom stereocenters. The molecule has 0 aromatic heterocycles. The lowest BCUT2D eigenvalue weighted by Crippen LogP contribution is -2.28. The third kappa shape index (κ3) is 3.57. The molecule has 0 spiro atoms. The average molecular weight is 261 g/mol. The molecule has 1 aromatic carbocycles. The number of carbonyl (C=O) groups excluding carboxylic acids is 1. The first-order valence-corrected chi connectivity index (χ1v) is 7.21. The van der Waals surface area contributed by atoms with Crippen molar-refractivity contribution in [2.75, 3.05) is 6.54 Å². The molecule has 0 heterocycles. The lowest BCUT2D eigenvalue weighted by atomic mass is 9.88. The van der Waals surface area contributed by atoms with Crippen LogP contribution in [0.25, 0.3) is 0 Å². The second kappa shape index (κ2) is 6.71. The molecule has 1 fully saturated rings. The van der Waals surface area contributed by atoms with E-state index in [2.05, 4.69) is 6.92 Å². The van der Waals surface area contributed by atoms with Crippen molar-refractivity contribution in [3.63, 3.8) is 0 Å². The van der Waals surface area contributed by atoms with Gasteiger partial charge in [0.15, 0.2) is 0 Å². The van der Waals surface area contributed by atoms with Gasteiger partial charge in [0.1, 0.15) is 6.10 Å². The van der Waals surface area contributed by atoms with Crippen LogP contribution in [0.15, 0.2) is 24.3 Å². The zero-order valence-electron chi connectivity index (χ0n) is 11.6. The van der Waals surface area contributed by atoms with Gasteiger partial charge in [0.25, 0.3) is 0 Å². The van der Waals surface area contributed by atoms with Gasteiger partial charge < -0.3 is 10.5 Å². The highest BCUT2D eigenvalue weighted by Crippen LogP contribution is 2.27. The molecule has 0 saturated heterocycles. The molecule has 1 aliphatic rings. The SMILES string of the molecule is CC1CCCCC1OC(=O)c1ccccc1CCN. The highest BCUT2D eigenvalue weighted by atomic mass is 16.5. The molecule has 2 unspecified atom stereocenters. The first kappa shape index (κ1) is 14.1.